The van der Waals surface area contributed by atoms with E-state index in [0.29, 0.717) is 12.5 Å². The third kappa shape index (κ3) is 6.71. The number of likely N-dealkylation sites (N-methyl/N-ethyl adjacent to an activating group) is 1. The predicted molar refractivity (Wildman–Crippen MR) is 97.9 cm³/mol. The summed E-state index contributed by atoms with van der Waals surface area (Å²) in [6.45, 7) is 8.60. The molecule has 1 aromatic carbocycles. The van der Waals surface area contributed by atoms with Crippen LogP contribution in [0.25, 0.3) is 0 Å². The summed E-state index contributed by atoms with van der Waals surface area (Å²) in [7, 11) is 1.79. The quantitative estimate of drug-likeness (QED) is 0.728. The lowest BCUT2D eigenvalue weighted by molar-refractivity contribution is -0.127. The zero-order valence-corrected chi connectivity index (χ0v) is 15.5. The highest BCUT2D eigenvalue weighted by Gasteiger charge is 2.21. The molecule has 134 valence electrons. The van der Waals surface area contributed by atoms with Crippen molar-refractivity contribution in [3.8, 4) is 0 Å². The fraction of sp³-hybridized carbons (Fsp3) is 0.579. The molecule has 0 aliphatic rings. The molecule has 0 aliphatic heterocycles. The molecule has 0 aromatic heterocycles. The van der Waals surface area contributed by atoms with E-state index >= 15 is 0 Å². The van der Waals surface area contributed by atoms with Gasteiger partial charge < -0.3 is 10.6 Å². The molecule has 0 aliphatic carbocycles. The van der Waals surface area contributed by atoms with Crippen LogP contribution in [0.2, 0.25) is 0 Å². The molecule has 5 nitrogen and oxygen atoms in total. The highest BCUT2D eigenvalue weighted by molar-refractivity contribution is 5.83. The number of benzene rings is 1. The normalized spacial score (nSPS) is 13.6. The minimum atomic E-state index is -0.351. The number of carbonyl (C=O) groups is 2. The van der Waals surface area contributed by atoms with Crippen molar-refractivity contribution in [2.75, 3.05) is 20.1 Å². The molecule has 0 unspecified atom stereocenters. The molecule has 1 aromatic rings. The number of nitrogens with zero attached hydrogens (tertiary/aromatic N) is 1. The lowest BCUT2D eigenvalue weighted by atomic mass is 9.96. The second kappa shape index (κ2) is 10.1. The van der Waals surface area contributed by atoms with Crippen molar-refractivity contribution >= 4 is 11.8 Å². The minimum absolute atomic E-state index is 0.0516. The van der Waals surface area contributed by atoms with Crippen LogP contribution in [0.1, 0.15) is 45.6 Å². The average molecular weight is 333 g/mol. The standard InChI is InChI=1S/C19H31N3O2/c1-6-16(17-10-8-7-9-11-17)12-20-19(24)15(4)22(5)13-18(23)21-14(2)3/h7-11,14-16H,6,12-13H2,1-5H3,(H,20,24)(H,21,23)/t15-,16-/m0/s1. The summed E-state index contributed by atoms with van der Waals surface area (Å²) in [5.41, 5.74) is 1.23. The topological polar surface area (TPSA) is 61.4 Å². The summed E-state index contributed by atoms with van der Waals surface area (Å²) in [5.74, 6) is 0.184. The molecule has 2 amide bonds. The molecule has 0 saturated heterocycles. The average Bonchev–Trinajstić information content (AvgIpc) is 2.54. The first kappa shape index (κ1) is 20.2. The van der Waals surface area contributed by atoms with Gasteiger partial charge in [0, 0.05) is 18.5 Å². The van der Waals surface area contributed by atoms with Gasteiger partial charge in [0.1, 0.15) is 0 Å². The predicted octanol–water partition coefficient (Wildman–Crippen LogP) is 2.14. The van der Waals surface area contributed by atoms with Crippen LogP contribution in [0.3, 0.4) is 0 Å². The van der Waals surface area contributed by atoms with Gasteiger partial charge in [0.2, 0.25) is 11.8 Å². The summed E-state index contributed by atoms with van der Waals surface area (Å²) in [4.78, 5) is 25.9. The summed E-state index contributed by atoms with van der Waals surface area (Å²) in [6.07, 6.45) is 0.964. The van der Waals surface area contributed by atoms with Gasteiger partial charge in [-0.1, -0.05) is 37.3 Å². The zero-order valence-electron chi connectivity index (χ0n) is 15.5. The maximum absolute atomic E-state index is 12.4. The Labute approximate surface area is 145 Å². The first-order valence-electron chi connectivity index (χ1n) is 8.67. The molecule has 2 atom stereocenters. The molecule has 0 bridgehead atoms. The van der Waals surface area contributed by atoms with Crippen molar-refractivity contribution in [3.05, 3.63) is 35.9 Å². The largest absolute Gasteiger partial charge is 0.354 e. The Kier molecular flexibility index (Phi) is 8.47. The Morgan fingerprint density at radius 1 is 1.12 bits per heavy atom. The third-order valence-corrected chi connectivity index (χ3v) is 4.17. The summed E-state index contributed by atoms with van der Waals surface area (Å²) < 4.78 is 0. The molecule has 0 fully saturated rings. The maximum Gasteiger partial charge on any atom is 0.237 e. The van der Waals surface area contributed by atoms with Crippen molar-refractivity contribution in [2.45, 2.75) is 52.1 Å². The van der Waals surface area contributed by atoms with Crippen LogP contribution in [-0.2, 0) is 9.59 Å². The van der Waals surface area contributed by atoms with Crippen molar-refractivity contribution < 1.29 is 9.59 Å². The summed E-state index contributed by atoms with van der Waals surface area (Å²) in [6, 6.07) is 9.96. The second-order valence-electron chi connectivity index (χ2n) is 6.57. The van der Waals surface area contributed by atoms with Gasteiger partial charge in [-0.25, -0.2) is 0 Å². The van der Waals surface area contributed by atoms with Gasteiger partial charge in [-0.15, -0.1) is 0 Å². The molecular formula is C19H31N3O2. The number of hydrogen-bond acceptors (Lipinski definition) is 3. The van der Waals surface area contributed by atoms with E-state index in [2.05, 4.69) is 29.7 Å². The van der Waals surface area contributed by atoms with Gasteiger partial charge in [0.25, 0.3) is 0 Å². The first-order chi connectivity index (χ1) is 11.3. The number of rotatable bonds is 9. The number of carbonyl (C=O) groups excluding carboxylic acids is 2. The lowest BCUT2D eigenvalue weighted by Gasteiger charge is -2.25. The van der Waals surface area contributed by atoms with Gasteiger partial charge in [-0.05, 0) is 39.8 Å². The Morgan fingerprint density at radius 3 is 2.29 bits per heavy atom. The van der Waals surface area contributed by atoms with Crippen LogP contribution >= 0.6 is 0 Å². The molecule has 2 N–H and O–H groups in total. The van der Waals surface area contributed by atoms with E-state index in [-0.39, 0.29) is 30.4 Å². The molecule has 0 heterocycles. The van der Waals surface area contributed by atoms with Crippen molar-refractivity contribution in [1.82, 2.24) is 15.5 Å². The first-order valence-corrected chi connectivity index (χ1v) is 8.67. The van der Waals surface area contributed by atoms with E-state index in [1.165, 1.54) is 5.56 Å². The molecule has 1 rings (SSSR count). The highest BCUT2D eigenvalue weighted by atomic mass is 16.2. The summed E-state index contributed by atoms with van der Waals surface area (Å²) >= 11 is 0. The number of nitrogens with one attached hydrogen (secondary N) is 2. The van der Waals surface area contributed by atoms with Crippen LogP contribution in [0, 0.1) is 0 Å². The van der Waals surface area contributed by atoms with Gasteiger partial charge >= 0.3 is 0 Å². The molecule has 0 spiro atoms. The molecule has 5 heteroatoms. The number of amides is 2. The van der Waals surface area contributed by atoms with Crippen LogP contribution < -0.4 is 10.6 Å². The van der Waals surface area contributed by atoms with Crippen molar-refractivity contribution in [1.29, 1.82) is 0 Å². The van der Waals surface area contributed by atoms with E-state index in [9.17, 15) is 9.59 Å². The van der Waals surface area contributed by atoms with E-state index in [1.807, 2.05) is 39.0 Å². The van der Waals surface area contributed by atoms with Gasteiger partial charge in [0.15, 0.2) is 0 Å². The van der Waals surface area contributed by atoms with Gasteiger partial charge in [-0.3, -0.25) is 14.5 Å². The van der Waals surface area contributed by atoms with E-state index in [0.717, 1.165) is 6.42 Å². The Balaban J connectivity index is 2.49. The zero-order chi connectivity index (χ0) is 18.1. The van der Waals surface area contributed by atoms with Crippen LogP contribution in [0.15, 0.2) is 30.3 Å². The fourth-order valence-electron chi connectivity index (χ4n) is 2.53. The van der Waals surface area contributed by atoms with E-state index in [1.54, 1.807) is 11.9 Å². The highest BCUT2D eigenvalue weighted by Crippen LogP contribution is 2.18. The molecule has 0 saturated carbocycles. The van der Waals surface area contributed by atoms with Crippen LogP contribution in [-0.4, -0.2) is 48.9 Å². The minimum Gasteiger partial charge on any atom is -0.354 e. The van der Waals surface area contributed by atoms with Crippen molar-refractivity contribution in [2.24, 2.45) is 0 Å². The molecule has 24 heavy (non-hydrogen) atoms. The Hall–Kier alpha value is -1.88. The Bertz CT molecular complexity index is 517. The molecular weight excluding hydrogens is 302 g/mol. The monoisotopic (exact) mass is 333 g/mol. The molecule has 0 radical (unpaired) electrons. The van der Waals surface area contributed by atoms with Crippen molar-refractivity contribution in [3.63, 3.8) is 0 Å². The lowest BCUT2D eigenvalue weighted by Crippen LogP contribution is -2.48. The SMILES string of the molecule is CC[C@@H](CNC(=O)[C@H](C)N(C)CC(=O)NC(C)C)c1ccccc1. The second-order valence-corrected chi connectivity index (χ2v) is 6.57. The fourth-order valence-corrected chi connectivity index (χ4v) is 2.53. The third-order valence-electron chi connectivity index (χ3n) is 4.17. The van der Waals surface area contributed by atoms with Gasteiger partial charge in [-0.2, -0.15) is 0 Å². The van der Waals surface area contributed by atoms with Gasteiger partial charge in [0.05, 0.1) is 12.6 Å². The summed E-state index contributed by atoms with van der Waals surface area (Å²) in [5, 5.41) is 5.85. The smallest absolute Gasteiger partial charge is 0.237 e. The Morgan fingerprint density at radius 2 is 1.75 bits per heavy atom. The van der Waals surface area contributed by atoms with Crippen LogP contribution in [0.4, 0.5) is 0 Å². The number of hydrogen-bond donors (Lipinski definition) is 2. The van der Waals surface area contributed by atoms with E-state index in [4.69, 9.17) is 0 Å². The van der Waals surface area contributed by atoms with E-state index < -0.39 is 0 Å². The van der Waals surface area contributed by atoms with Crippen LogP contribution in [0.5, 0.6) is 0 Å². The maximum atomic E-state index is 12.4.